The van der Waals surface area contributed by atoms with E-state index in [-0.39, 0.29) is 11.8 Å². The Labute approximate surface area is 159 Å². The van der Waals surface area contributed by atoms with Crippen LogP contribution in [0.25, 0.3) is 0 Å². The number of likely N-dealkylation sites (tertiary alicyclic amines) is 1. The largest absolute Gasteiger partial charge is 0.373 e. The van der Waals surface area contributed by atoms with Gasteiger partial charge in [-0.1, -0.05) is 0 Å². The number of rotatable bonds is 6. The van der Waals surface area contributed by atoms with Gasteiger partial charge in [0.05, 0.1) is 12.2 Å². The molecule has 0 bridgehead atoms. The molecule has 0 aliphatic carbocycles. The van der Waals surface area contributed by atoms with Crippen LogP contribution >= 0.6 is 0 Å². The molecule has 1 aliphatic rings. The zero-order valence-corrected chi connectivity index (χ0v) is 16.0. The van der Waals surface area contributed by atoms with Gasteiger partial charge in [-0.2, -0.15) is 0 Å². The summed E-state index contributed by atoms with van der Waals surface area (Å²) in [5, 5.41) is 6.10. The number of hydrogen-bond donors (Lipinski definition) is 2. The molecule has 9 heteroatoms. The Hall–Kier alpha value is -2.81. The summed E-state index contributed by atoms with van der Waals surface area (Å²) in [5.41, 5.74) is 0.984. The minimum atomic E-state index is 0.129. The van der Waals surface area contributed by atoms with Crippen LogP contribution in [-0.4, -0.2) is 76.4 Å². The molecule has 1 fully saturated rings. The second kappa shape index (κ2) is 8.72. The predicted octanol–water partition coefficient (Wildman–Crippen LogP) is 1.32. The Morgan fingerprint density at radius 1 is 1.30 bits per heavy atom. The molecular weight excluding hydrogens is 344 g/mol. The topological polar surface area (TPSA) is 99.2 Å². The van der Waals surface area contributed by atoms with Gasteiger partial charge in [0.25, 0.3) is 0 Å². The Balaban J connectivity index is 1.68. The quantitative estimate of drug-likeness (QED) is 0.785. The van der Waals surface area contributed by atoms with Crippen molar-refractivity contribution >= 4 is 23.5 Å². The Morgan fingerprint density at radius 3 is 2.89 bits per heavy atom. The summed E-state index contributed by atoms with van der Waals surface area (Å²) in [7, 11) is 5.39. The SMILES string of the molecule is CNc1cc(Nc2nccc([C@H]3CCCN(CC(=O)N(C)C)C3)n2)ncn1. The molecule has 1 atom stereocenters. The minimum absolute atomic E-state index is 0.129. The van der Waals surface area contributed by atoms with Gasteiger partial charge in [-0.25, -0.2) is 19.9 Å². The first-order valence-corrected chi connectivity index (χ1v) is 9.07. The molecule has 0 aromatic carbocycles. The van der Waals surface area contributed by atoms with Gasteiger partial charge in [0, 0.05) is 45.9 Å². The highest BCUT2D eigenvalue weighted by Crippen LogP contribution is 2.26. The van der Waals surface area contributed by atoms with E-state index in [4.69, 9.17) is 0 Å². The molecule has 0 unspecified atom stereocenters. The van der Waals surface area contributed by atoms with Crippen LogP contribution in [0.2, 0.25) is 0 Å². The van der Waals surface area contributed by atoms with E-state index in [1.54, 1.807) is 38.3 Å². The van der Waals surface area contributed by atoms with Crippen LogP contribution in [0.15, 0.2) is 24.7 Å². The van der Waals surface area contributed by atoms with Gasteiger partial charge in [0.1, 0.15) is 18.0 Å². The maximum atomic E-state index is 12.0. The van der Waals surface area contributed by atoms with Crippen molar-refractivity contribution in [2.75, 3.05) is 51.4 Å². The Bertz CT molecular complexity index is 781. The lowest BCUT2D eigenvalue weighted by Gasteiger charge is -2.32. The molecule has 1 amide bonds. The molecular formula is C18H26N8O. The Kier molecular flexibility index (Phi) is 6.12. The van der Waals surface area contributed by atoms with Crippen molar-refractivity contribution in [1.29, 1.82) is 0 Å². The molecule has 2 N–H and O–H groups in total. The second-order valence-corrected chi connectivity index (χ2v) is 6.83. The standard InChI is InChI=1S/C18H26N8O/c1-19-15-9-16(22-12-21-15)24-18-20-7-6-14(23-18)13-5-4-8-26(10-13)11-17(27)25(2)3/h6-7,9,12-13H,4-5,8,10-11H2,1-3H3,(H2,19,20,21,22,23,24)/t13-/m0/s1. The van der Waals surface area contributed by atoms with Crippen LogP contribution in [0, 0.1) is 0 Å². The predicted molar refractivity (Wildman–Crippen MR) is 104 cm³/mol. The van der Waals surface area contributed by atoms with Crippen molar-refractivity contribution < 1.29 is 4.79 Å². The summed E-state index contributed by atoms with van der Waals surface area (Å²) in [4.78, 5) is 33.1. The highest BCUT2D eigenvalue weighted by atomic mass is 16.2. The first-order chi connectivity index (χ1) is 13.0. The van der Waals surface area contributed by atoms with Gasteiger partial charge in [-0.05, 0) is 25.5 Å². The van der Waals surface area contributed by atoms with E-state index in [9.17, 15) is 4.79 Å². The Morgan fingerprint density at radius 2 is 2.11 bits per heavy atom. The van der Waals surface area contributed by atoms with Gasteiger partial charge in [-0.3, -0.25) is 9.69 Å². The molecule has 1 aliphatic heterocycles. The number of aromatic nitrogens is 4. The number of likely N-dealkylation sites (N-methyl/N-ethyl adjacent to an activating group) is 1. The normalized spacial score (nSPS) is 17.4. The number of amides is 1. The molecule has 3 rings (SSSR count). The van der Waals surface area contributed by atoms with Crippen molar-refractivity contribution in [2.24, 2.45) is 0 Å². The highest BCUT2D eigenvalue weighted by Gasteiger charge is 2.24. The third kappa shape index (κ3) is 5.10. The lowest BCUT2D eigenvalue weighted by Crippen LogP contribution is -2.41. The monoisotopic (exact) mass is 370 g/mol. The van der Waals surface area contributed by atoms with Gasteiger partial charge >= 0.3 is 0 Å². The number of anilines is 3. The number of carbonyl (C=O) groups excluding carboxylic acids is 1. The first-order valence-electron chi connectivity index (χ1n) is 9.07. The maximum Gasteiger partial charge on any atom is 0.236 e. The molecule has 27 heavy (non-hydrogen) atoms. The van der Waals surface area contributed by atoms with E-state index in [2.05, 4.69) is 35.5 Å². The molecule has 2 aromatic heterocycles. The molecule has 3 heterocycles. The van der Waals surface area contributed by atoms with E-state index in [1.807, 2.05) is 6.07 Å². The van der Waals surface area contributed by atoms with Crippen LogP contribution in [0.5, 0.6) is 0 Å². The summed E-state index contributed by atoms with van der Waals surface area (Å²) >= 11 is 0. The molecule has 0 radical (unpaired) electrons. The third-order valence-electron chi connectivity index (χ3n) is 4.62. The average molecular weight is 370 g/mol. The minimum Gasteiger partial charge on any atom is -0.373 e. The average Bonchev–Trinajstić information content (AvgIpc) is 2.68. The van der Waals surface area contributed by atoms with E-state index < -0.39 is 0 Å². The summed E-state index contributed by atoms with van der Waals surface area (Å²) in [6.07, 6.45) is 5.35. The first kappa shape index (κ1) is 19.0. The number of nitrogens with zero attached hydrogens (tertiary/aromatic N) is 6. The lowest BCUT2D eigenvalue weighted by molar-refractivity contribution is -0.130. The molecule has 0 saturated carbocycles. The van der Waals surface area contributed by atoms with E-state index >= 15 is 0 Å². The summed E-state index contributed by atoms with van der Waals surface area (Å²) in [6.45, 7) is 2.22. The lowest BCUT2D eigenvalue weighted by atomic mass is 9.94. The van der Waals surface area contributed by atoms with Crippen LogP contribution in [0.1, 0.15) is 24.5 Å². The highest BCUT2D eigenvalue weighted by molar-refractivity contribution is 5.77. The fourth-order valence-electron chi connectivity index (χ4n) is 3.11. The van der Waals surface area contributed by atoms with Crippen LogP contribution in [0.3, 0.4) is 0 Å². The fourth-order valence-corrected chi connectivity index (χ4v) is 3.11. The fraction of sp³-hybridized carbons (Fsp3) is 0.500. The summed E-state index contributed by atoms with van der Waals surface area (Å²) < 4.78 is 0. The molecule has 1 saturated heterocycles. The van der Waals surface area contributed by atoms with Crippen LogP contribution < -0.4 is 10.6 Å². The second-order valence-electron chi connectivity index (χ2n) is 6.83. The van der Waals surface area contributed by atoms with E-state index in [1.165, 1.54) is 6.33 Å². The van der Waals surface area contributed by atoms with Gasteiger partial charge < -0.3 is 15.5 Å². The van der Waals surface area contributed by atoms with Crippen LogP contribution in [0.4, 0.5) is 17.6 Å². The maximum absolute atomic E-state index is 12.0. The molecule has 2 aromatic rings. The zero-order chi connectivity index (χ0) is 19.2. The molecule has 9 nitrogen and oxygen atoms in total. The van der Waals surface area contributed by atoms with Crippen molar-refractivity contribution in [3.63, 3.8) is 0 Å². The van der Waals surface area contributed by atoms with Gasteiger partial charge in [-0.15, -0.1) is 0 Å². The smallest absolute Gasteiger partial charge is 0.236 e. The van der Waals surface area contributed by atoms with E-state index in [0.29, 0.717) is 18.3 Å². The number of hydrogen-bond acceptors (Lipinski definition) is 8. The molecule has 0 spiro atoms. The number of piperidine rings is 1. The zero-order valence-electron chi connectivity index (χ0n) is 16.0. The van der Waals surface area contributed by atoms with Crippen molar-refractivity contribution in [3.05, 3.63) is 30.4 Å². The van der Waals surface area contributed by atoms with Crippen molar-refractivity contribution in [1.82, 2.24) is 29.7 Å². The number of nitrogens with one attached hydrogen (secondary N) is 2. The van der Waals surface area contributed by atoms with Crippen molar-refractivity contribution in [2.45, 2.75) is 18.8 Å². The van der Waals surface area contributed by atoms with Crippen molar-refractivity contribution in [3.8, 4) is 0 Å². The number of carbonyl (C=O) groups is 1. The van der Waals surface area contributed by atoms with E-state index in [0.717, 1.165) is 37.4 Å². The third-order valence-corrected chi connectivity index (χ3v) is 4.62. The van der Waals surface area contributed by atoms with Crippen LogP contribution in [-0.2, 0) is 4.79 Å². The summed E-state index contributed by atoms with van der Waals surface area (Å²) in [6, 6.07) is 3.75. The summed E-state index contributed by atoms with van der Waals surface area (Å²) in [5.74, 6) is 2.28. The molecule has 144 valence electrons. The van der Waals surface area contributed by atoms with Gasteiger partial charge in [0.2, 0.25) is 11.9 Å². The van der Waals surface area contributed by atoms with Gasteiger partial charge in [0.15, 0.2) is 0 Å².